The Labute approximate surface area is 193 Å². The van der Waals surface area contributed by atoms with E-state index in [1.807, 2.05) is 4.90 Å². The molecule has 178 valence electrons. The molecule has 2 aromatic carbocycles. The summed E-state index contributed by atoms with van der Waals surface area (Å²) in [7, 11) is 0. The number of alkyl halides is 3. The fourth-order valence-corrected chi connectivity index (χ4v) is 4.07. The number of nitrogens with one attached hydrogen (secondary N) is 1. The Hall–Kier alpha value is -3.40. The van der Waals surface area contributed by atoms with E-state index in [9.17, 15) is 17.6 Å². The Morgan fingerprint density at radius 3 is 2.59 bits per heavy atom. The molecule has 0 aliphatic carbocycles. The molecule has 3 aromatic rings. The summed E-state index contributed by atoms with van der Waals surface area (Å²) in [5, 5.41) is 3.35. The van der Waals surface area contributed by atoms with Crippen molar-refractivity contribution in [3.8, 4) is 5.75 Å². The summed E-state index contributed by atoms with van der Waals surface area (Å²) in [4.78, 5) is 11.4. The van der Waals surface area contributed by atoms with Crippen molar-refractivity contribution >= 4 is 11.8 Å². The molecule has 10 heteroatoms. The van der Waals surface area contributed by atoms with Gasteiger partial charge in [0.05, 0.1) is 18.9 Å². The van der Waals surface area contributed by atoms with Gasteiger partial charge in [-0.25, -0.2) is 9.37 Å². The number of hydrogen-bond donors (Lipinski definition) is 1. The lowest BCUT2D eigenvalue weighted by molar-refractivity contribution is -0.153. The first-order chi connectivity index (χ1) is 16.3. The minimum Gasteiger partial charge on any atom is -0.484 e. The van der Waals surface area contributed by atoms with E-state index < -0.39 is 12.8 Å². The zero-order valence-electron chi connectivity index (χ0n) is 18.2. The minimum absolute atomic E-state index is 0.177. The Balaban J connectivity index is 1.24. The van der Waals surface area contributed by atoms with Gasteiger partial charge in [0.15, 0.2) is 6.61 Å². The number of nitrogens with zero attached hydrogens (tertiary/aromatic N) is 3. The molecule has 0 radical (unpaired) electrons. The van der Waals surface area contributed by atoms with Crippen molar-refractivity contribution in [3.05, 3.63) is 76.2 Å². The number of anilines is 2. The molecule has 0 saturated heterocycles. The summed E-state index contributed by atoms with van der Waals surface area (Å²) in [6, 6.07) is 11.3. The fraction of sp³-hybridized carbons (Fsp3) is 0.333. The molecule has 0 fully saturated rings. The lowest BCUT2D eigenvalue weighted by atomic mass is 10.1. The van der Waals surface area contributed by atoms with Crippen LogP contribution in [0, 0.1) is 5.82 Å². The third kappa shape index (κ3) is 5.06. The SMILES string of the molecule is Fc1ccc2c(c1)CN(c1nc3c(c(NCCc4ccc(OCC(F)(F)F)cc4)n1)COC3)C2. The molecule has 2 aliphatic rings. The molecule has 0 saturated carbocycles. The van der Waals surface area contributed by atoms with E-state index in [1.54, 1.807) is 24.3 Å². The molecule has 0 amide bonds. The van der Waals surface area contributed by atoms with Crippen molar-refractivity contribution in [1.82, 2.24) is 9.97 Å². The van der Waals surface area contributed by atoms with Gasteiger partial charge in [0.2, 0.25) is 5.95 Å². The van der Waals surface area contributed by atoms with E-state index in [-0.39, 0.29) is 11.6 Å². The number of benzene rings is 2. The van der Waals surface area contributed by atoms with E-state index in [4.69, 9.17) is 14.5 Å². The maximum Gasteiger partial charge on any atom is 0.422 e. The first-order valence-corrected chi connectivity index (χ1v) is 10.9. The molecule has 0 unspecified atom stereocenters. The van der Waals surface area contributed by atoms with Gasteiger partial charge >= 0.3 is 6.18 Å². The van der Waals surface area contributed by atoms with Gasteiger partial charge in [-0.1, -0.05) is 18.2 Å². The maximum atomic E-state index is 13.6. The topological polar surface area (TPSA) is 59.5 Å². The van der Waals surface area contributed by atoms with Crippen molar-refractivity contribution in [3.63, 3.8) is 0 Å². The monoisotopic (exact) mass is 474 g/mol. The van der Waals surface area contributed by atoms with Gasteiger partial charge in [0.1, 0.15) is 17.4 Å². The normalized spacial score (nSPS) is 14.8. The molecule has 34 heavy (non-hydrogen) atoms. The average Bonchev–Trinajstić information content (AvgIpc) is 3.44. The van der Waals surface area contributed by atoms with Crippen molar-refractivity contribution in [1.29, 1.82) is 0 Å². The lowest BCUT2D eigenvalue weighted by Gasteiger charge is -2.18. The Kier molecular flexibility index (Phi) is 5.99. The van der Waals surface area contributed by atoms with E-state index in [1.165, 1.54) is 18.2 Å². The van der Waals surface area contributed by atoms with Crippen molar-refractivity contribution in [2.24, 2.45) is 0 Å². The summed E-state index contributed by atoms with van der Waals surface area (Å²) < 4.78 is 60.8. The average molecular weight is 474 g/mol. The molecule has 6 nitrogen and oxygen atoms in total. The van der Waals surface area contributed by atoms with Crippen LogP contribution >= 0.6 is 0 Å². The molecular weight excluding hydrogens is 452 g/mol. The van der Waals surface area contributed by atoms with Crippen LogP contribution in [0.5, 0.6) is 5.75 Å². The largest absolute Gasteiger partial charge is 0.484 e. The van der Waals surface area contributed by atoms with Crippen LogP contribution < -0.4 is 15.0 Å². The van der Waals surface area contributed by atoms with Crippen LogP contribution in [0.25, 0.3) is 0 Å². The number of hydrogen-bond acceptors (Lipinski definition) is 6. The molecule has 1 aromatic heterocycles. The number of rotatable bonds is 7. The number of halogens is 4. The highest BCUT2D eigenvalue weighted by atomic mass is 19.4. The quantitative estimate of drug-likeness (QED) is 0.499. The highest BCUT2D eigenvalue weighted by molar-refractivity contribution is 5.54. The fourth-order valence-electron chi connectivity index (χ4n) is 4.07. The van der Waals surface area contributed by atoms with E-state index in [0.29, 0.717) is 51.0 Å². The van der Waals surface area contributed by atoms with Crippen molar-refractivity contribution < 1.29 is 27.0 Å². The Morgan fingerprint density at radius 2 is 1.79 bits per heavy atom. The third-order valence-electron chi connectivity index (χ3n) is 5.77. The second-order valence-corrected chi connectivity index (χ2v) is 8.28. The van der Waals surface area contributed by atoms with Gasteiger partial charge in [0.25, 0.3) is 0 Å². The van der Waals surface area contributed by atoms with Crippen LogP contribution in [0.15, 0.2) is 42.5 Å². The second-order valence-electron chi connectivity index (χ2n) is 8.28. The summed E-state index contributed by atoms with van der Waals surface area (Å²) in [6.07, 6.45) is -3.72. The number of fused-ring (bicyclic) bond motifs is 2. The minimum atomic E-state index is -4.36. The van der Waals surface area contributed by atoms with Gasteiger partial charge < -0.3 is 19.7 Å². The molecular formula is C24H22F4N4O2. The summed E-state index contributed by atoms with van der Waals surface area (Å²) in [6.45, 7) is 1.24. The van der Waals surface area contributed by atoms with Crippen LogP contribution in [-0.2, 0) is 37.5 Å². The highest BCUT2D eigenvalue weighted by Crippen LogP contribution is 2.31. The lowest BCUT2D eigenvalue weighted by Crippen LogP contribution is -2.20. The second kappa shape index (κ2) is 9.09. The van der Waals surface area contributed by atoms with Crippen molar-refractivity contribution in [2.45, 2.75) is 38.9 Å². The van der Waals surface area contributed by atoms with Gasteiger partial charge in [-0.05, 0) is 47.4 Å². The standard InChI is InChI=1S/C24H22F4N4O2/c25-18-4-3-16-10-32(11-17(16)9-18)23-30-21-13-33-12-20(21)22(31-23)29-8-7-15-1-5-19(6-2-15)34-14-24(26,27)28/h1-6,9H,7-8,10-14H2,(H,29,30,31). The molecule has 0 atom stereocenters. The molecule has 5 rings (SSSR count). The summed E-state index contributed by atoms with van der Waals surface area (Å²) in [5.74, 6) is 1.18. The van der Waals surface area contributed by atoms with Gasteiger partial charge in [0, 0.05) is 25.2 Å². The molecule has 3 heterocycles. The van der Waals surface area contributed by atoms with Gasteiger partial charge in [-0.3, -0.25) is 0 Å². The van der Waals surface area contributed by atoms with Gasteiger partial charge in [-0.2, -0.15) is 18.2 Å². The molecule has 0 spiro atoms. The third-order valence-corrected chi connectivity index (χ3v) is 5.77. The van der Waals surface area contributed by atoms with Crippen LogP contribution in [0.3, 0.4) is 0 Å². The maximum absolute atomic E-state index is 13.6. The first kappa shape index (κ1) is 22.4. The predicted octanol–water partition coefficient (Wildman–Crippen LogP) is 4.76. The highest BCUT2D eigenvalue weighted by Gasteiger charge is 2.28. The van der Waals surface area contributed by atoms with Crippen molar-refractivity contribution in [2.75, 3.05) is 23.4 Å². The first-order valence-electron chi connectivity index (χ1n) is 10.9. The van der Waals surface area contributed by atoms with E-state index in [2.05, 4.69) is 10.3 Å². The smallest absolute Gasteiger partial charge is 0.422 e. The van der Waals surface area contributed by atoms with Crippen LogP contribution in [0.2, 0.25) is 0 Å². The molecule has 0 bridgehead atoms. The van der Waals surface area contributed by atoms with Crippen LogP contribution in [0.1, 0.15) is 27.9 Å². The van der Waals surface area contributed by atoms with E-state index >= 15 is 0 Å². The van der Waals surface area contributed by atoms with E-state index in [0.717, 1.165) is 27.9 Å². The number of aromatic nitrogens is 2. The Bertz CT molecular complexity index is 1180. The van der Waals surface area contributed by atoms with Gasteiger partial charge in [-0.15, -0.1) is 0 Å². The van der Waals surface area contributed by atoms with Crippen LogP contribution in [0.4, 0.5) is 29.3 Å². The summed E-state index contributed by atoms with van der Waals surface area (Å²) in [5.41, 5.74) is 4.69. The number of ether oxygens (including phenoxy) is 2. The summed E-state index contributed by atoms with van der Waals surface area (Å²) >= 11 is 0. The predicted molar refractivity (Wildman–Crippen MR) is 117 cm³/mol. The molecule has 1 N–H and O–H groups in total. The zero-order chi connectivity index (χ0) is 23.7. The zero-order valence-corrected chi connectivity index (χ0v) is 18.2. The van der Waals surface area contributed by atoms with Crippen LogP contribution in [-0.4, -0.2) is 29.3 Å². The Morgan fingerprint density at radius 1 is 1.00 bits per heavy atom. The molecule has 2 aliphatic heterocycles.